The quantitative estimate of drug-likeness (QED) is 0.495. The van der Waals surface area contributed by atoms with E-state index in [2.05, 4.69) is 0 Å². The van der Waals surface area contributed by atoms with Crippen LogP contribution in [0.1, 0.15) is 38.5 Å². The summed E-state index contributed by atoms with van der Waals surface area (Å²) in [5, 5.41) is 0. The number of fused-ring (bicyclic) bond motifs is 2. The summed E-state index contributed by atoms with van der Waals surface area (Å²) in [7, 11) is 0. The molecule has 2 bridgehead atoms. The van der Waals surface area contributed by atoms with Crippen molar-refractivity contribution in [2.24, 2.45) is 29.1 Å². The fraction of sp³-hybridized carbons (Fsp3) is 1.00. The first-order valence-corrected chi connectivity index (χ1v) is 5.42. The maximum atomic E-state index is 1.66. The molecule has 4 saturated carbocycles. The molecule has 0 aromatic heterocycles. The molecule has 0 spiro atoms. The molecule has 0 saturated heterocycles. The molecule has 60 valence electrons. The second kappa shape index (κ2) is 1.41. The summed E-state index contributed by atoms with van der Waals surface area (Å²) >= 11 is 0. The van der Waals surface area contributed by atoms with Crippen molar-refractivity contribution in [2.45, 2.75) is 38.5 Å². The van der Waals surface area contributed by atoms with Gasteiger partial charge in [0.2, 0.25) is 0 Å². The lowest BCUT2D eigenvalue weighted by atomic mass is 9.46. The Morgan fingerprint density at radius 1 is 0.909 bits per heavy atom. The van der Waals surface area contributed by atoms with E-state index in [1.807, 2.05) is 0 Å². The molecule has 5 atom stereocenters. The van der Waals surface area contributed by atoms with Gasteiger partial charge in [-0.05, 0) is 61.2 Å². The highest BCUT2D eigenvalue weighted by Crippen LogP contribution is 2.80. The first-order valence-electron chi connectivity index (χ1n) is 5.42. The molecule has 0 N–H and O–H groups in total. The van der Waals surface area contributed by atoms with Gasteiger partial charge in [0.1, 0.15) is 0 Å². The third-order valence-corrected chi connectivity index (χ3v) is 5.65. The van der Waals surface area contributed by atoms with Crippen LogP contribution in [0.4, 0.5) is 0 Å². The summed E-state index contributed by atoms with van der Waals surface area (Å²) in [5.41, 5.74) is 0.978. The van der Waals surface area contributed by atoms with Crippen molar-refractivity contribution in [2.75, 3.05) is 0 Å². The van der Waals surface area contributed by atoms with Crippen LogP contribution < -0.4 is 0 Å². The van der Waals surface area contributed by atoms with Crippen LogP contribution in [0.5, 0.6) is 0 Å². The molecule has 0 radical (unpaired) electrons. The van der Waals surface area contributed by atoms with Crippen LogP contribution in [0.15, 0.2) is 0 Å². The predicted octanol–water partition coefficient (Wildman–Crippen LogP) is 2.83. The summed E-state index contributed by atoms with van der Waals surface area (Å²) in [6.45, 7) is 0. The molecule has 0 aliphatic heterocycles. The lowest BCUT2D eigenvalue weighted by Crippen LogP contribution is -2.51. The average molecular weight is 148 g/mol. The van der Waals surface area contributed by atoms with Gasteiger partial charge in [-0.25, -0.2) is 0 Å². The molecule has 0 heteroatoms. The van der Waals surface area contributed by atoms with Gasteiger partial charge in [0.15, 0.2) is 0 Å². The minimum absolute atomic E-state index is 0.978. The Morgan fingerprint density at radius 2 is 1.82 bits per heavy atom. The number of hydrogen-bond acceptors (Lipinski definition) is 0. The van der Waals surface area contributed by atoms with Crippen molar-refractivity contribution in [3.63, 3.8) is 0 Å². The smallest absolute Gasteiger partial charge is 0.0232 e. The molecular formula is C11H16. The fourth-order valence-electron chi connectivity index (χ4n) is 5.27. The predicted molar refractivity (Wildman–Crippen MR) is 44.1 cm³/mol. The number of rotatable bonds is 0. The second-order valence-corrected chi connectivity index (χ2v) is 5.45. The van der Waals surface area contributed by atoms with E-state index >= 15 is 0 Å². The van der Waals surface area contributed by atoms with Gasteiger partial charge in [0, 0.05) is 0 Å². The van der Waals surface area contributed by atoms with Gasteiger partial charge in [0.25, 0.3) is 0 Å². The zero-order chi connectivity index (χ0) is 7.05. The third kappa shape index (κ3) is 0.381. The Labute approximate surface area is 68.4 Å². The van der Waals surface area contributed by atoms with Crippen LogP contribution >= 0.6 is 0 Å². The van der Waals surface area contributed by atoms with E-state index in [0.717, 1.165) is 5.41 Å². The summed E-state index contributed by atoms with van der Waals surface area (Å²) in [6, 6.07) is 0. The largest absolute Gasteiger partial charge is 0.0527 e. The van der Waals surface area contributed by atoms with E-state index in [-0.39, 0.29) is 0 Å². The van der Waals surface area contributed by atoms with E-state index in [4.69, 9.17) is 0 Å². The van der Waals surface area contributed by atoms with Gasteiger partial charge in [-0.2, -0.15) is 0 Å². The standard InChI is InChI=1S/C11H16/c1-2-7-8-6-11(9(7)3-1)5-4-10(8)11/h7-10H,1-6H2. The molecule has 5 unspecified atom stereocenters. The van der Waals surface area contributed by atoms with Crippen molar-refractivity contribution in [1.82, 2.24) is 0 Å². The molecule has 0 aromatic rings. The molecule has 4 aliphatic carbocycles. The summed E-state index contributed by atoms with van der Waals surface area (Å²) in [5.74, 6) is 4.93. The first kappa shape index (κ1) is 5.61. The molecule has 0 aromatic carbocycles. The van der Waals surface area contributed by atoms with Gasteiger partial charge < -0.3 is 0 Å². The summed E-state index contributed by atoms with van der Waals surface area (Å²) < 4.78 is 0. The number of hydrogen-bond donors (Lipinski definition) is 0. The molecule has 4 fully saturated rings. The highest BCUT2D eigenvalue weighted by atomic mass is 14.8. The average Bonchev–Trinajstić information content (AvgIpc) is 2.52. The van der Waals surface area contributed by atoms with Crippen LogP contribution in [-0.2, 0) is 0 Å². The zero-order valence-corrected chi connectivity index (χ0v) is 7.05. The maximum Gasteiger partial charge on any atom is -0.0232 e. The van der Waals surface area contributed by atoms with Crippen LogP contribution in [0.2, 0.25) is 0 Å². The SMILES string of the molecule is C1CC2C3CC4(CCC34)C2C1. The molecular weight excluding hydrogens is 132 g/mol. The van der Waals surface area contributed by atoms with Crippen molar-refractivity contribution in [3.05, 3.63) is 0 Å². The van der Waals surface area contributed by atoms with Gasteiger partial charge >= 0.3 is 0 Å². The minimum atomic E-state index is 0.978. The molecule has 0 heterocycles. The Morgan fingerprint density at radius 3 is 2.55 bits per heavy atom. The Hall–Kier alpha value is 0. The molecule has 4 rings (SSSR count). The third-order valence-electron chi connectivity index (χ3n) is 5.65. The van der Waals surface area contributed by atoms with E-state index < -0.39 is 0 Å². The Bertz CT molecular complexity index is 220. The minimum Gasteiger partial charge on any atom is -0.0527 e. The Balaban J connectivity index is 1.83. The van der Waals surface area contributed by atoms with Crippen molar-refractivity contribution in [1.29, 1.82) is 0 Å². The summed E-state index contributed by atoms with van der Waals surface area (Å²) in [6.07, 6.45) is 9.67. The van der Waals surface area contributed by atoms with Gasteiger partial charge in [0.05, 0.1) is 0 Å². The van der Waals surface area contributed by atoms with E-state index in [0.29, 0.717) is 0 Å². The van der Waals surface area contributed by atoms with Crippen LogP contribution in [-0.4, -0.2) is 0 Å². The molecule has 0 nitrogen and oxygen atoms in total. The van der Waals surface area contributed by atoms with Gasteiger partial charge in [-0.3, -0.25) is 0 Å². The zero-order valence-electron chi connectivity index (χ0n) is 7.05. The topological polar surface area (TPSA) is 0 Å². The lowest BCUT2D eigenvalue weighted by Gasteiger charge is -2.59. The monoisotopic (exact) mass is 148 g/mol. The van der Waals surface area contributed by atoms with Crippen LogP contribution in [0, 0.1) is 29.1 Å². The molecule has 0 amide bonds. The van der Waals surface area contributed by atoms with Crippen molar-refractivity contribution < 1.29 is 0 Å². The first-order chi connectivity index (χ1) is 5.42. The molecule has 11 heavy (non-hydrogen) atoms. The van der Waals surface area contributed by atoms with Gasteiger partial charge in [-0.1, -0.05) is 6.42 Å². The van der Waals surface area contributed by atoms with Crippen LogP contribution in [0.3, 0.4) is 0 Å². The fourth-order valence-corrected chi connectivity index (χ4v) is 5.27. The van der Waals surface area contributed by atoms with Crippen molar-refractivity contribution in [3.8, 4) is 0 Å². The van der Waals surface area contributed by atoms with Gasteiger partial charge in [-0.15, -0.1) is 0 Å². The highest BCUT2D eigenvalue weighted by molar-refractivity contribution is 5.21. The van der Waals surface area contributed by atoms with E-state index in [9.17, 15) is 0 Å². The Kier molecular flexibility index (Phi) is 0.717. The highest BCUT2D eigenvalue weighted by Gasteiger charge is 2.73. The second-order valence-electron chi connectivity index (χ2n) is 5.45. The van der Waals surface area contributed by atoms with E-state index in [1.54, 1.807) is 38.5 Å². The van der Waals surface area contributed by atoms with Crippen molar-refractivity contribution >= 4 is 0 Å². The molecule has 4 aliphatic rings. The normalized spacial score (nSPS) is 69.8. The van der Waals surface area contributed by atoms with E-state index in [1.165, 1.54) is 23.7 Å². The summed E-state index contributed by atoms with van der Waals surface area (Å²) in [4.78, 5) is 0. The van der Waals surface area contributed by atoms with Crippen LogP contribution in [0.25, 0.3) is 0 Å². The maximum absolute atomic E-state index is 1.66. The lowest BCUT2D eigenvalue weighted by molar-refractivity contribution is -0.0981.